The van der Waals surface area contributed by atoms with Crippen LogP contribution in [0.25, 0.3) is 0 Å². The third kappa shape index (κ3) is 5.61. The Balaban J connectivity index is 1.83. The molecule has 0 aromatic heterocycles. The molecule has 0 N–H and O–H groups in total. The number of ether oxygens (including phenoxy) is 1. The van der Waals surface area contributed by atoms with Gasteiger partial charge in [0.2, 0.25) is 0 Å². The summed E-state index contributed by atoms with van der Waals surface area (Å²) in [6, 6.07) is 5.94. The predicted octanol–water partition coefficient (Wildman–Crippen LogP) is 3.58. The summed E-state index contributed by atoms with van der Waals surface area (Å²) in [6.45, 7) is 6.76. The molecule has 6 heteroatoms. The number of piperidine rings is 1. The lowest BCUT2D eigenvalue weighted by molar-refractivity contribution is 0.0191. The molecule has 1 atom stereocenters. The Morgan fingerprint density at radius 2 is 2.00 bits per heavy atom. The first-order valence-electron chi connectivity index (χ1n) is 7.86. The minimum Gasteiger partial charge on any atom is -0.444 e. The number of amides is 1. The molecule has 1 saturated heterocycles. The van der Waals surface area contributed by atoms with Crippen molar-refractivity contribution in [2.75, 3.05) is 18.8 Å². The molecule has 1 heterocycles. The number of likely N-dealkylation sites (tertiary alicyclic amines) is 1. The lowest BCUT2D eigenvalue weighted by atomic mass is 9.99. The summed E-state index contributed by atoms with van der Waals surface area (Å²) < 4.78 is 30.9. The van der Waals surface area contributed by atoms with Crippen molar-refractivity contribution >= 4 is 16.9 Å². The topological polar surface area (TPSA) is 46.6 Å². The van der Waals surface area contributed by atoms with Crippen molar-refractivity contribution in [3.05, 3.63) is 30.1 Å². The van der Waals surface area contributed by atoms with Gasteiger partial charge in [-0.2, -0.15) is 0 Å². The maximum Gasteiger partial charge on any atom is 0.410 e. The van der Waals surface area contributed by atoms with E-state index in [4.69, 9.17) is 4.74 Å². The zero-order valence-electron chi connectivity index (χ0n) is 13.9. The molecule has 1 aromatic carbocycles. The van der Waals surface area contributed by atoms with E-state index in [1.54, 1.807) is 17.0 Å². The number of nitrogens with zero attached hydrogens (tertiary/aromatic N) is 1. The van der Waals surface area contributed by atoms with Crippen LogP contribution in [0.4, 0.5) is 9.18 Å². The number of halogens is 1. The van der Waals surface area contributed by atoms with Gasteiger partial charge >= 0.3 is 6.09 Å². The van der Waals surface area contributed by atoms with Crippen molar-refractivity contribution in [2.24, 2.45) is 5.92 Å². The van der Waals surface area contributed by atoms with Gasteiger partial charge in [-0.15, -0.1) is 0 Å². The molecule has 1 fully saturated rings. The zero-order valence-corrected chi connectivity index (χ0v) is 14.7. The second-order valence-corrected chi connectivity index (χ2v) is 8.38. The quantitative estimate of drug-likeness (QED) is 0.844. The molecule has 128 valence electrons. The fraction of sp³-hybridized carbons (Fsp3) is 0.588. The van der Waals surface area contributed by atoms with E-state index in [0.29, 0.717) is 23.7 Å². The highest BCUT2D eigenvalue weighted by Crippen LogP contribution is 2.22. The highest BCUT2D eigenvalue weighted by atomic mass is 32.2. The van der Waals surface area contributed by atoms with Crippen molar-refractivity contribution < 1.29 is 18.1 Å². The van der Waals surface area contributed by atoms with Crippen LogP contribution in [-0.4, -0.2) is 39.6 Å². The third-order valence-corrected chi connectivity index (χ3v) is 5.27. The summed E-state index contributed by atoms with van der Waals surface area (Å²) in [5.41, 5.74) is -0.493. The Hall–Kier alpha value is -1.43. The van der Waals surface area contributed by atoms with E-state index in [1.165, 1.54) is 12.1 Å². The van der Waals surface area contributed by atoms with E-state index in [2.05, 4.69) is 0 Å². The Labute approximate surface area is 139 Å². The van der Waals surface area contributed by atoms with Crippen LogP contribution in [0.5, 0.6) is 0 Å². The van der Waals surface area contributed by atoms with Gasteiger partial charge in [0.05, 0.1) is 10.8 Å². The minimum atomic E-state index is -1.20. The van der Waals surface area contributed by atoms with E-state index in [-0.39, 0.29) is 17.8 Å². The van der Waals surface area contributed by atoms with Crippen LogP contribution < -0.4 is 0 Å². The summed E-state index contributed by atoms with van der Waals surface area (Å²) in [4.78, 5) is 14.2. The molecule has 23 heavy (non-hydrogen) atoms. The van der Waals surface area contributed by atoms with E-state index in [0.717, 1.165) is 12.8 Å². The van der Waals surface area contributed by atoms with Gasteiger partial charge in [0.1, 0.15) is 11.4 Å². The first kappa shape index (κ1) is 17.9. The molecule has 0 spiro atoms. The van der Waals surface area contributed by atoms with Crippen molar-refractivity contribution in [1.82, 2.24) is 4.90 Å². The van der Waals surface area contributed by atoms with E-state index < -0.39 is 16.4 Å². The van der Waals surface area contributed by atoms with Crippen LogP contribution in [0.2, 0.25) is 0 Å². The van der Waals surface area contributed by atoms with Crippen molar-refractivity contribution in [3.63, 3.8) is 0 Å². The monoisotopic (exact) mass is 341 g/mol. The highest BCUT2D eigenvalue weighted by Gasteiger charge is 2.27. The van der Waals surface area contributed by atoms with E-state index in [9.17, 15) is 13.4 Å². The fourth-order valence-electron chi connectivity index (χ4n) is 2.53. The van der Waals surface area contributed by atoms with Crippen molar-refractivity contribution in [1.29, 1.82) is 0 Å². The number of benzene rings is 1. The van der Waals surface area contributed by atoms with Gasteiger partial charge < -0.3 is 9.64 Å². The second-order valence-electron chi connectivity index (χ2n) is 6.88. The molecule has 0 bridgehead atoms. The van der Waals surface area contributed by atoms with Crippen LogP contribution in [-0.2, 0) is 15.5 Å². The van der Waals surface area contributed by atoms with Gasteiger partial charge in [0.15, 0.2) is 0 Å². The van der Waals surface area contributed by atoms with Crippen LogP contribution in [0.1, 0.15) is 33.6 Å². The number of hydrogen-bond donors (Lipinski definition) is 0. The molecule has 4 nitrogen and oxygen atoms in total. The van der Waals surface area contributed by atoms with Gasteiger partial charge in [-0.1, -0.05) is 6.07 Å². The highest BCUT2D eigenvalue weighted by molar-refractivity contribution is 7.85. The normalized spacial score (nSPS) is 17.8. The number of hydrogen-bond acceptors (Lipinski definition) is 3. The number of rotatable bonds is 3. The summed E-state index contributed by atoms with van der Waals surface area (Å²) >= 11 is 0. The van der Waals surface area contributed by atoms with Gasteiger partial charge in [0, 0.05) is 23.7 Å². The number of carbonyl (C=O) groups is 1. The molecule has 1 aliphatic rings. The molecule has 1 aliphatic heterocycles. The first-order valence-corrected chi connectivity index (χ1v) is 9.18. The Bertz CT molecular complexity index is 577. The SMILES string of the molecule is CC(C)(C)OC(=O)N1CCC(C[S@@](=O)c2cccc(F)c2)CC1. The van der Waals surface area contributed by atoms with E-state index in [1.807, 2.05) is 20.8 Å². The van der Waals surface area contributed by atoms with Gasteiger partial charge in [-0.25, -0.2) is 9.18 Å². The molecule has 0 unspecified atom stereocenters. The smallest absolute Gasteiger partial charge is 0.410 e. The molecular formula is C17H24FNO3S. The van der Waals surface area contributed by atoms with Crippen LogP contribution in [0.3, 0.4) is 0 Å². The number of carbonyl (C=O) groups excluding carboxylic acids is 1. The second kappa shape index (κ2) is 7.43. The largest absolute Gasteiger partial charge is 0.444 e. The Kier molecular flexibility index (Phi) is 5.79. The Morgan fingerprint density at radius 1 is 1.35 bits per heavy atom. The molecule has 2 rings (SSSR count). The summed E-state index contributed by atoms with van der Waals surface area (Å²) in [5, 5.41) is 0. The standard InChI is InChI=1S/C17H24FNO3S/c1-17(2,3)22-16(20)19-9-7-13(8-10-19)12-23(21)15-6-4-5-14(18)11-15/h4-6,11,13H,7-10,12H2,1-3H3/t23-/m1/s1. The Morgan fingerprint density at radius 3 is 2.57 bits per heavy atom. The van der Waals surface area contributed by atoms with Crippen molar-refractivity contribution in [2.45, 2.75) is 44.1 Å². The summed E-state index contributed by atoms with van der Waals surface area (Å²) in [6.07, 6.45) is 1.29. The van der Waals surface area contributed by atoms with Gasteiger partial charge in [0.25, 0.3) is 0 Å². The average Bonchev–Trinajstić information content (AvgIpc) is 2.46. The summed E-state index contributed by atoms with van der Waals surface area (Å²) in [7, 11) is -1.20. The average molecular weight is 341 g/mol. The molecule has 0 radical (unpaired) electrons. The van der Waals surface area contributed by atoms with Gasteiger partial charge in [-0.05, 0) is 57.7 Å². The minimum absolute atomic E-state index is 0.276. The maximum atomic E-state index is 13.2. The molecule has 0 aliphatic carbocycles. The molecule has 1 aromatic rings. The van der Waals surface area contributed by atoms with Crippen LogP contribution in [0.15, 0.2) is 29.2 Å². The predicted molar refractivity (Wildman–Crippen MR) is 88.2 cm³/mol. The van der Waals surface area contributed by atoms with Crippen LogP contribution in [0, 0.1) is 11.7 Å². The maximum absolute atomic E-state index is 13.2. The lowest BCUT2D eigenvalue weighted by Gasteiger charge is -2.33. The fourth-order valence-corrected chi connectivity index (χ4v) is 3.96. The zero-order chi connectivity index (χ0) is 17.0. The molecule has 1 amide bonds. The van der Waals surface area contributed by atoms with Crippen molar-refractivity contribution in [3.8, 4) is 0 Å². The molecular weight excluding hydrogens is 317 g/mol. The third-order valence-electron chi connectivity index (χ3n) is 3.71. The van der Waals surface area contributed by atoms with Gasteiger partial charge in [-0.3, -0.25) is 4.21 Å². The molecule has 0 saturated carbocycles. The van der Waals surface area contributed by atoms with E-state index >= 15 is 0 Å². The lowest BCUT2D eigenvalue weighted by Crippen LogP contribution is -2.42. The summed E-state index contributed by atoms with van der Waals surface area (Å²) in [5.74, 6) is 0.416. The first-order chi connectivity index (χ1) is 10.7. The van der Waals surface area contributed by atoms with Crippen LogP contribution >= 0.6 is 0 Å².